The van der Waals surface area contributed by atoms with Crippen LogP contribution in [0.4, 0.5) is 0 Å². The molecular formula is C18H24N2O3S. The van der Waals surface area contributed by atoms with E-state index in [1.807, 2.05) is 37.6 Å². The summed E-state index contributed by atoms with van der Waals surface area (Å²) in [6, 6.07) is 6.06. The number of thiazole rings is 1. The molecule has 6 heteroatoms. The Morgan fingerprint density at radius 3 is 3.00 bits per heavy atom. The van der Waals surface area contributed by atoms with Crippen molar-refractivity contribution in [2.75, 3.05) is 26.8 Å². The van der Waals surface area contributed by atoms with Gasteiger partial charge in [0.1, 0.15) is 11.1 Å². The molecule has 3 rings (SSSR count). The van der Waals surface area contributed by atoms with Gasteiger partial charge >= 0.3 is 0 Å². The number of rotatable bonds is 6. The normalized spacial score (nSPS) is 18.8. The minimum atomic E-state index is 0.0545. The number of benzene rings is 1. The zero-order valence-electron chi connectivity index (χ0n) is 14.4. The number of methoxy groups -OCH3 is 1. The van der Waals surface area contributed by atoms with Crippen molar-refractivity contribution < 1.29 is 14.2 Å². The van der Waals surface area contributed by atoms with Crippen molar-refractivity contribution in [3.8, 4) is 11.5 Å². The molecule has 1 saturated heterocycles. The summed E-state index contributed by atoms with van der Waals surface area (Å²) in [5, 5.41) is 3.04. The first kappa shape index (κ1) is 17.2. The Bertz CT molecular complexity index is 646. The Labute approximate surface area is 147 Å². The van der Waals surface area contributed by atoms with Crippen molar-refractivity contribution in [3.05, 3.63) is 40.3 Å². The second-order valence-corrected chi connectivity index (χ2v) is 7.01. The molecule has 2 heterocycles. The van der Waals surface area contributed by atoms with Crippen LogP contribution in [0.3, 0.4) is 0 Å². The molecule has 0 saturated carbocycles. The summed E-state index contributed by atoms with van der Waals surface area (Å²) < 4.78 is 17.4. The van der Waals surface area contributed by atoms with Crippen LogP contribution >= 0.6 is 11.3 Å². The first-order chi connectivity index (χ1) is 11.7. The Kier molecular flexibility index (Phi) is 5.71. The van der Waals surface area contributed by atoms with E-state index in [1.54, 1.807) is 18.4 Å². The maximum Gasteiger partial charge on any atom is 0.166 e. The fourth-order valence-electron chi connectivity index (χ4n) is 2.85. The lowest BCUT2D eigenvalue weighted by atomic mass is 10.1. The van der Waals surface area contributed by atoms with Gasteiger partial charge in [0.25, 0.3) is 0 Å². The van der Waals surface area contributed by atoms with Crippen molar-refractivity contribution in [2.24, 2.45) is 0 Å². The topological polar surface area (TPSA) is 43.8 Å². The number of para-hydroxylation sites is 1. The van der Waals surface area contributed by atoms with E-state index in [2.05, 4.69) is 16.0 Å². The van der Waals surface area contributed by atoms with E-state index < -0.39 is 0 Å². The number of ether oxygens (including phenoxy) is 3. The molecule has 1 aliphatic rings. The lowest BCUT2D eigenvalue weighted by Crippen LogP contribution is -2.37. The minimum absolute atomic E-state index is 0.0545. The van der Waals surface area contributed by atoms with Crippen LogP contribution in [0.15, 0.2) is 29.8 Å². The Morgan fingerprint density at radius 1 is 1.42 bits per heavy atom. The van der Waals surface area contributed by atoms with Crippen molar-refractivity contribution in [3.63, 3.8) is 0 Å². The number of morpholine rings is 1. The van der Waals surface area contributed by atoms with Gasteiger partial charge in [-0.05, 0) is 19.9 Å². The zero-order valence-corrected chi connectivity index (χ0v) is 15.2. The molecule has 1 atom stereocenters. The van der Waals surface area contributed by atoms with Gasteiger partial charge < -0.3 is 14.2 Å². The van der Waals surface area contributed by atoms with Crippen LogP contribution in [0.25, 0.3) is 0 Å². The van der Waals surface area contributed by atoms with Crippen molar-refractivity contribution in [2.45, 2.75) is 32.6 Å². The molecular weight excluding hydrogens is 324 g/mol. The van der Waals surface area contributed by atoms with Gasteiger partial charge in [-0.3, -0.25) is 4.90 Å². The molecule has 1 fully saturated rings. The van der Waals surface area contributed by atoms with E-state index in [-0.39, 0.29) is 12.2 Å². The standard InChI is InChI=1S/C18H24N2O3S/c1-13(2)23-17-14(5-4-6-15(17)21-3)11-20-8-9-22-16(12-20)18-19-7-10-24-18/h4-7,10,13,16H,8-9,11-12H2,1-3H3. The molecule has 1 aromatic carbocycles. The minimum Gasteiger partial charge on any atom is -0.493 e. The predicted octanol–water partition coefficient (Wildman–Crippen LogP) is 3.51. The second kappa shape index (κ2) is 7.96. The monoisotopic (exact) mass is 348 g/mol. The van der Waals surface area contributed by atoms with Gasteiger partial charge in [-0.2, -0.15) is 0 Å². The molecule has 1 aliphatic heterocycles. The third-order valence-corrected chi connectivity index (χ3v) is 4.77. The van der Waals surface area contributed by atoms with Crippen molar-refractivity contribution >= 4 is 11.3 Å². The largest absolute Gasteiger partial charge is 0.493 e. The second-order valence-electron chi connectivity index (χ2n) is 6.08. The van der Waals surface area contributed by atoms with E-state index in [4.69, 9.17) is 14.2 Å². The van der Waals surface area contributed by atoms with E-state index in [9.17, 15) is 0 Å². The van der Waals surface area contributed by atoms with Crippen LogP contribution in [0.2, 0.25) is 0 Å². The zero-order chi connectivity index (χ0) is 16.9. The molecule has 1 unspecified atom stereocenters. The highest BCUT2D eigenvalue weighted by Crippen LogP contribution is 2.34. The molecule has 0 amide bonds. The highest BCUT2D eigenvalue weighted by molar-refractivity contribution is 7.09. The summed E-state index contributed by atoms with van der Waals surface area (Å²) in [6.45, 7) is 7.33. The van der Waals surface area contributed by atoms with Crippen LogP contribution in [0.1, 0.15) is 30.5 Å². The highest BCUT2D eigenvalue weighted by atomic mass is 32.1. The van der Waals surface area contributed by atoms with E-state index in [0.717, 1.165) is 41.7 Å². The van der Waals surface area contributed by atoms with Gasteiger partial charge in [-0.15, -0.1) is 11.3 Å². The maximum atomic E-state index is 6.01. The van der Waals surface area contributed by atoms with Crippen LogP contribution < -0.4 is 9.47 Å². The summed E-state index contributed by atoms with van der Waals surface area (Å²) in [5.74, 6) is 1.62. The summed E-state index contributed by atoms with van der Waals surface area (Å²) in [4.78, 5) is 6.77. The first-order valence-electron chi connectivity index (χ1n) is 8.23. The smallest absolute Gasteiger partial charge is 0.166 e. The molecule has 0 N–H and O–H groups in total. The average molecular weight is 348 g/mol. The first-order valence-corrected chi connectivity index (χ1v) is 9.11. The fourth-order valence-corrected chi connectivity index (χ4v) is 3.52. The number of nitrogens with zero attached hydrogens (tertiary/aromatic N) is 2. The SMILES string of the molecule is COc1cccc(CN2CCOC(c3nccs3)C2)c1OC(C)C. The lowest BCUT2D eigenvalue weighted by molar-refractivity contribution is -0.0332. The number of aromatic nitrogens is 1. The van der Waals surface area contributed by atoms with E-state index in [0.29, 0.717) is 6.61 Å². The summed E-state index contributed by atoms with van der Waals surface area (Å²) >= 11 is 1.65. The van der Waals surface area contributed by atoms with Crippen LogP contribution in [-0.4, -0.2) is 42.8 Å². The number of hydrogen-bond acceptors (Lipinski definition) is 6. The van der Waals surface area contributed by atoms with E-state index in [1.165, 1.54) is 0 Å². The Hall–Kier alpha value is -1.63. The van der Waals surface area contributed by atoms with Gasteiger partial charge in [-0.25, -0.2) is 4.98 Å². The van der Waals surface area contributed by atoms with Crippen LogP contribution in [0.5, 0.6) is 11.5 Å². The van der Waals surface area contributed by atoms with E-state index >= 15 is 0 Å². The molecule has 24 heavy (non-hydrogen) atoms. The summed E-state index contributed by atoms with van der Waals surface area (Å²) in [7, 11) is 1.68. The fraction of sp³-hybridized carbons (Fsp3) is 0.500. The van der Waals surface area contributed by atoms with Crippen molar-refractivity contribution in [1.82, 2.24) is 9.88 Å². The third kappa shape index (κ3) is 4.06. The summed E-state index contributed by atoms with van der Waals surface area (Å²) in [6.07, 6.45) is 1.99. The van der Waals surface area contributed by atoms with Gasteiger partial charge in [0, 0.05) is 36.8 Å². The van der Waals surface area contributed by atoms with Crippen LogP contribution in [-0.2, 0) is 11.3 Å². The quantitative estimate of drug-likeness (QED) is 0.799. The number of hydrogen-bond donors (Lipinski definition) is 0. The third-order valence-electron chi connectivity index (χ3n) is 3.91. The van der Waals surface area contributed by atoms with Crippen molar-refractivity contribution in [1.29, 1.82) is 0 Å². The average Bonchev–Trinajstić information content (AvgIpc) is 3.11. The maximum absolute atomic E-state index is 6.01. The van der Waals surface area contributed by atoms with Gasteiger partial charge in [0.2, 0.25) is 0 Å². The molecule has 1 aromatic heterocycles. The molecule has 130 valence electrons. The molecule has 0 spiro atoms. The molecule has 0 radical (unpaired) electrons. The lowest BCUT2D eigenvalue weighted by Gasteiger charge is -2.32. The van der Waals surface area contributed by atoms with Gasteiger partial charge in [0.05, 0.1) is 19.8 Å². The highest BCUT2D eigenvalue weighted by Gasteiger charge is 2.25. The van der Waals surface area contributed by atoms with Gasteiger partial charge in [-0.1, -0.05) is 12.1 Å². The molecule has 0 aliphatic carbocycles. The molecule has 5 nitrogen and oxygen atoms in total. The van der Waals surface area contributed by atoms with Gasteiger partial charge in [0.15, 0.2) is 11.5 Å². The Balaban J connectivity index is 1.75. The molecule has 0 bridgehead atoms. The Morgan fingerprint density at radius 2 is 2.29 bits per heavy atom. The van der Waals surface area contributed by atoms with Crippen LogP contribution in [0, 0.1) is 0 Å². The predicted molar refractivity (Wildman–Crippen MR) is 94.8 cm³/mol. The molecule has 2 aromatic rings. The summed E-state index contributed by atoms with van der Waals surface area (Å²) in [5.41, 5.74) is 1.14.